The van der Waals surface area contributed by atoms with Crippen LogP contribution in [0.4, 0.5) is 5.69 Å². The fraction of sp³-hybridized carbons (Fsp3) is 0.0714. The predicted octanol–water partition coefficient (Wildman–Crippen LogP) is 3.45. The first kappa shape index (κ1) is 11.9. The quantitative estimate of drug-likeness (QED) is 0.608. The third-order valence-corrected chi connectivity index (χ3v) is 2.32. The number of aliphatic imine (C=N–C) groups is 1. The van der Waals surface area contributed by atoms with Crippen LogP contribution in [-0.4, -0.2) is 13.2 Å². The van der Waals surface area contributed by atoms with Gasteiger partial charge in [0.2, 0.25) is 6.08 Å². The predicted molar refractivity (Wildman–Crippen MR) is 67.3 cm³/mol. The van der Waals surface area contributed by atoms with Crippen molar-refractivity contribution in [2.75, 3.05) is 7.11 Å². The van der Waals surface area contributed by atoms with Crippen LogP contribution in [0, 0.1) is 0 Å². The van der Waals surface area contributed by atoms with Gasteiger partial charge in [0.25, 0.3) is 0 Å². The molecule has 0 N–H and O–H groups in total. The molecule has 2 rings (SSSR count). The summed E-state index contributed by atoms with van der Waals surface area (Å²) in [5.74, 6) is 1.90. The summed E-state index contributed by atoms with van der Waals surface area (Å²) in [5.41, 5.74) is 0.448. The summed E-state index contributed by atoms with van der Waals surface area (Å²) >= 11 is 0. The highest BCUT2D eigenvalue weighted by Gasteiger charge is 2.03. The largest absolute Gasteiger partial charge is 0.497 e. The highest BCUT2D eigenvalue weighted by Crippen LogP contribution is 2.31. The zero-order valence-electron chi connectivity index (χ0n) is 9.79. The van der Waals surface area contributed by atoms with Crippen LogP contribution >= 0.6 is 0 Å². The lowest BCUT2D eigenvalue weighted by Gasteiger charge is -2.07. The minimum absolute atomic E-state index is 0.448. The van der Waals surface area contributed by atoms with Gasteiger partial charge < -0.3 is 9.47 Å². The van der Waals surface area contributed by atoms with E-state index in [0.29, 0.717) is 17.2 Å². The summed E-state index contributed by atoms with van der Waals surface area (Å²) < 4.78 is 10.7. The van der Waals surface area contributed by atoms with Gasteiger partial charge in [-0.05, 0) is 36.4 Å². The molecule has 0 unspecified atom stereocenters. The Bertz CT molecular complexity index is 572. The Morgan fingerprint density at radius 1 is 1.00 bits per heavy atom. The maximum absolute atomic E-state index is 10.3. The van der Waals surface area contributed by atoms with Gasteiger partial charge in [-0.15, -0.1) is 0 Å². The molecular weight excluding hydrogens is 230 g/mol. The lowest BCUT2D eigenvalue weighted by molar-refractivity contribution is 0.413. The second kappa shape index (κ2) is 5.66. The van der Waals surface area contributed by atoms with Crippen LogP contribution < -0.4 is 9.47 Å². The maximum atomic E-state index is 10.3. The van der Waals surface area contributed by atoms with Gasteiger partial charge in [0.05, 0.1) is 7.11 Å². The molecule has 4 heteroatoms. The van der Waals surface area contributed by atoms with E-state index in [1.807, 2.05) is 6.07 Å². The van der Waals surface area contributed by atoms with E-state index < -0.39 is 0 Å². The molecule has 0 bridgehead atoms. The first-order chi connectivity index (χ1) is 8.83. The number of ether oxygens (including phenoxy) is 2. The normalized spacial score (nSPS) is 9.39. The molecule has 0 aliphatic carbocycles. The van der Waals surface area contributed by atoms with Crippen molar-refractivity contribution in [3.05, 3.63) is 48.5 Å². The average molecular weight is 241 g/mol. The highest BCUT2D eigenvalue weighted by molar-refractivity contribution is 5.58. The smallest absolute Gasteiger partial charge is 0.240 e. The van der Waals surface area contributed by atoms with Crippen molar-refractivity contribution in [3.63, 3.8) is 0 Å². The zero-order valence-corrected chi connectivity index (χ0v) is 9.79. The van der Waals surface area contributed by atoms with Gasteiger partial charge in [-0.25, -0.2) is 4.79 Å². The number of methoxy groups -OCH3 is 1. The van der Waals surface area contributed by atoms with Crippen molar-refractivity contribution in [1.82, 2.24) is 0 Å². The van der Waals surface area contributed by atoms with Crippen LogP contribution in [0.2, 0.25) is 0 Å². The van der Waals surface area contributed by atoms with Crippen molar-refractivity contribution in [2.45, 2.75) is 0 Å². The summed E-state index contributed by atoms with van der Waals surface area (Å²) in [5, 5.41) is 0. The molecule has 0 saturated heterocycles. The van der Waals surface area contributed by atoms with Gasteiger partial charge in [-0.3, -0.25) is 0 Å². The van der Waals surface area contributed by atoms with Crippen molar-refractivity contribution >= 4 is 11.8 Å². The van der Waals surface area contributed by atoms with Crippen LogP contribution in [0.5, 0.6) is 17.2 Å². The summed E-state index contributed by atoms with van der Waals surface area (Å²) in [6.45, 7) is 0. The van der Waals surface area contributed by atoms with Gasteiger partial charge in [0, 0.05) is 0 Å². The van der Waals surface area contributed by atoms with Gasteiger partial charge in [-0.1, -0.05) is 12.1 Å². The molecule has 0 heterocycles. The number of carbonyl (C=O) groups excluding carboxylic acids is 1. The summed E-state index contributed by atoms with van der Waals surface area (Å²) in [6, 6.07) is 14.1. The van der Waals surface area contributed by atoms with Gasteiger partial charge in [0.15, 0.2) is 5.75 Å². The van der Waals surface area contributed by atoms with E-state index >= 15 is 0 Å². The molecule has 0 spiro atoms. The van der Waals surface area contributed by atoms with Gasteiger partial charge in [0.1, 0.15) is 17.2 Å². The molecule has 0 aliphatic rings. The van der Waals surface area contributed by atoms with E-state index in [1.54, 1.807) is 49.6 Å². The first-order valence-electron chi connectivity index (χ1n) is 5.32. The molecule has 4 nitrogen and oxygen atoms in total. The lowest BCUT2D eigenvalue weighted by atomic mass is 10.3. The van der Waals surface area contributed by atoms with Crippen molar-refractivity contribution in [3.8, 4) is 17.2 Å². The topological polar surface area (TPSA) is 47.9 Å². The van der Waals surface area contributed by atoms with Crippen LogP contribution in [0.1, 0.15) is 0 Å². The van der Waals surface area contributed by atoms with E-state index in [1.165, 1.54) is 6.08 Å². The molecule has 0 radical (unpaired) electrons. The Morgan fingerprint density at radius 2 is 1.67 bits per heavy atom. The van der Waals surface area contributed by atoms with E-state index in [0.717, 1.165) is 5.75 Å². The van der Waals surface area contributed by atoms with Crippen molar-refractivity contribution in [1.29, 1.82) is 0 Å². The first-order valence-corrected chi connectivity index (χ1v) is 5.32. The Morgan fingerprint density at radius 3 is 2.33 bits per heavy atom. The van der Waals surface area contributed by atoms with Crippen molar-refractivity contribution < 1.29 is 14.3 Å². The summed E-state index contributed by atoms with van der Waals surface area (Å²) in [4.78, 5) is 13.9. The van der Waals surface area contributed by atoms with E-state index in [4.69, 9.17) is 9.47 Å². The average Bonchev–Trinajstić information content (AvgIpc) is 2.42. The molecule has 18 heavy (non-hydrogen) atoms. The molecule has 0 fully saturated rings. The third-order valence-electron chi connectivity index (χ3n) is 2.32. The fourth-order valence-corrected chi connectivity index (χ4v) is 1.46. The number of para-hydroxylation sites is 2. The molecule has 0 atom stereocenters. The molecule has 2 aromatic rings. The maximum Gasteiger partial charge on any atom is 0.240 e. The number of isocyanates is 1. The number of benzene rings is 2. The summed E-state index contributed by atoms with van der Waals surface area (Å²) in [6.07, 6.45) is 1.50. The SMILES string of the molecule is COc1ccc(Oc2ccccc2N=C=O)cc1. The second-order valence-corrected chi connectivity index (χ2v) is 3.45. The zero-order chi connectivity index (χ0) is 12.8. The molecule has 0 amide bonds. The van der Waals surface area contributed by atoms with Crippen LogP contribution in [-0.2, 0) is 4.79 Å². The molecule has 2 aromatic carbocycles. The molecule has 90 valence electrons. The molecular formula is C14H11NO3. The van der Waals surface area contributed by atoms with Crippen LogP contribution in [0.25, 0.3) is 0 Å². The van der Waals surface area contributed by atoms with Crippen LogP contribution in [0.15, 0.2) is 53.5 Å². The minimum atomic E-state index is 0.448. The number of rotatable bonds is 4. The van der Waals surface area contributed by atoms with Crippen molar-refractivity contribution in [2.24, 2.45) is 4.99 Å². The fourth-order valence-electron chi connectivity index (χ4n) is 1.46. The Kier molecular flexibility index (Phi) is 3.74. The monoisotopic (exact) mass is 241 g/mol. The van der Waals surface area contributed by atoms with Gasteiger partial charge in [-0.2, -0.15) is 4.99 Å². The molecule has 0 saturated carbocycles. The van der Waals surface area contributed by atoms with E-state index in [9.17, 15) is 4.79 Å². The third kappa shape index (κ3) is 2.75. The highest BCUT2D eigenvalue weighted by atomic mass is 16.5. The van der Waals surface area contributed by atoms with Gasteiger partial charge >= 0.3 is 0 Å². The van der Waals surface area contributed by atoms with E-state index in [-0.39, 0.29) is 0 Å². The number of hydrogen-bond donors (Lipinski definition) is 0. The Balaban J connectivity index is 2.25. The Labute approximate surface area is 105 Å². The number of hydrogen-bond acceptors (Lipinski definition) is 4. The molecule has 0 aromatic heterocycles. The second-order valence-electron chi connectivity index (χ2n) is 3.45. The minimum Gasteiger partial charge on any atom is -0.497 e. The Hall–Kier alpha value is -2.58. The van der Waals surface area contributed by atoms with E-state index in [2.05, 4.69) is 4.99 Å². The number of nitrogens with zero attached hydrogens (tertiary/aromatic N) is 1. The van der Waals surface area contributed by atoms with Crippen LogP contribution in [0.3, 0.4) is 0 Å². The lowest BCUT2D eigenvalue weighted by Crippen LogP contribution is -1.86. The standard InChI is InChI=1S/C14H11NO3/c1-17-11-6-8-12(9-7-11)18-14-5-3-2-4-13(14)15-10-16/h2-9H,1H3. The summed E-state index contributed by atoms with van der Waals surface area (Å²) in [7, 11) is 1.60. The molecule has 0 aliphatic heterocycles.